The van der Waals surface area contributed by atoms with Crippen molar-refractivity contribution in [2.24, 2.45) is 11.8 Å². The molecule has 40 heavy (non-hydrogen) atoms. The molecule has 1 aliphatic carbocycles. The third-order valence-electron chi connectivity index (χ3n) is 8.03. The van der Waals surface area contributed by atoms with E-state index in [1.54, 1.807) is 24.3 Å². The molecule has 2 aromatic rings. The van der Waals surface area contributed by atoms with Crippen LogP contribution >= 0.6 is 0 Å². The van der Waals surface area contributed by atoms with Crippen LogP contribution in [0.4, 0.5) is 0 Å². The highest BCUT2D eigenvalue weighted by Crippen LogP contribution is 2.27. The smallest absolute Gasteiger partial charge is 0.335 e. The first-order chi connectivity index (χ1) is 19.5. The van der Waals surface area contributed by atoms with Crippen molar-refractivity contribution in [2.45, 2.75) is 58.3 Å². The minimum absolute atomic E-state index is 0.0189. The number of carboxylic acid groups (broad SMARTS) is 1. The van der Waals surface area contributed by atoms with Crippen molar-refractivity contribution in [2.75, 3.05) is 19.7 Å². The second-order valence-electron chi connectivity index (χ2n) is 10.9. The van der Waals surface area contributed by atoms with Gasteiger partial charge in [0.2, 0.25) is 5.91 Å². The molecule has 4 rings (SSSR count). The summed E-state index contributed by atoms with van der Waals surface area (Å²) in [4.78, 5) is 26.7. The van der Waals surface area contributed by atoms with Crippen LogP contribution in [-0.4, -0.2) is 41.6 Å². The molecule has 6 nitrogen and oxygen atoms in total. The third kappa shape index (κ3) is 8.10. The van der Waals surface area contributed by atoms with Crippen LogP contribution < -0.4 is 10.1 Å². The number of carbonyl (C=O) groups is 2. The van der Waals surface area contributed by atoms with E-state index in [0.29, 0.717) is 18.3 Å². The lowest BCUT2D eigenvalue weighted by atomic mass is 9.83. The van der Waals surface area contributed by atoms with Crippen molar-refractivity contribution in [3.05, 3.63) is 101 Å². The summed E-state index contributed by atoms with van der Waals surface area (Å²) in [5.74, 6) is 0.135. The SMILES string of the molecule is C=CC(=CC=C(CCCC)N1CCC(COc2cccc(C(=O)O)c2)CC1)NC(=O)C1CCc2ccccc2C1. The number of nitrogens with one attached hydrogen (secondary N) is 1. The molecule has 1 heterocycles. The summed E-state index contributed by atoms with van der Waals surface area (Å²) in [7, 11) is 0. The molecule has 1 atom stereocenters. The summed E-state index contributed by atoms with van der Waals surface area (Å²) in [6.45, 7) is 8.63. The molecule has 0 radical (unpaired) electrons. The van der Waals surface area contributed by atoms with Gasteiger partial charge in [0.15, 0.2) is 0 Å². The number of rotatable bonds is 12. The van der Waals surface area contributed by atoms with Gasteiger partial charge in [-0.2, -0.15) is 0 Å². The van der Waals surface area contributed by atoms with Crippen LogP contribution in [0.3, 0.4) is 0 Å². The van der Waals surface area contributed by atoms with Gasteiger partial charge < -0.3 is 20.1 Å². The lowest BCUT2D eigenvalue weighted by Crippen LogP contribution is -2.35. The van der Waals surface area contributed by atoms with E-state index in [9.17, 15) is 14.7 Å². The maximum Gasteiger partial charge on any atom is 0.335 e. The number of benzene rings is 2. The predicted molar refractivity (Wildman–Crippen MR) is 159 cm³/mol. The number of carbonyl (C=O) groups excluding carboxylic acids is 1. The lowest BCUT2D eigenvalue weighted by molar-refractivity contribution is -0.124. The van der Waals surface area contributed by atoms with E-state index in [-0.39, 0.29) is 17.4 Å². The average molecular weight is 543 g/mol. The summed E-state index contributed by atoms with van der Waals surface area (Å²) in [5.41, 5.74) is 4.91. The topological polar surface area (TPSA) is 78.9 Å². The number of fused-ring (bicyclic) bond motifs is 1. The van der Waals surface area contributed by atoms with Crippen molar-refractivity contribution in [1.29, 1.82) is 0 Å². The molecule has 2 aromatic carbocycles. The Kier molecular flexibility index (Phi) is 10.6. The Morgan fingerprint density at radius 3 is 2.58 bits per heavy atom. The Morgan fingerprint density at radius 2 is 1.85 bits per heavy atom. The third-order valence-corrected chi connectivity index (χ3v) is 8.03. The minimum Gasteiger partial charge on any atom is -0.493 e. The highest BCUT2D eigenvalue weighted by atomic mass is 16.5. The van der Waals surface area contributed by atoms with E-state index in [2.05, 4.69) is 48.0 Å². The fraction of sp³-hybridized carbons (Fsp3) is 0.412. The molecule has 0 saturated carbocycles. The molecule has 212 valence electrons. The number of unbranched alkanes of at least 4 members (excludes halogenated alkanes) is 1. The van der Waals surface area contributed by atoms with Crippen LogP contribution in [0.25, 0.3) is 0 Å². The zero-order valence-corrected chi connectivity index (χ0v) is 23.6. The summed E-state index contributed by atoms with van der Waals surface area (Å²) in [6, 6.07) is 15.1. The number of likely N-dealkylation sites (tertiary alicyclic amines) is 1. The number of piperidine rings is 1. The first kappa shape index (κ1) is 29.2. The van der Waals surface area contributed by atoms with E-state index < -0.39 is 5.97 Å². The zero-order chi connectivity index (χ0) is 28.3. The van der Waals surface area contributed by atoms with Crippen molar-refractivity contribution >= 4 is 11.9 Å². The molecule has 1 aliphatic heterocycles. The Morgan fingerprint density at radius 1 is 1.07 bits per heavy atom. The Hall–Kier alpha value is -3.80. The van der Waals surface area contributed by atoms with Crippen LogP contribution in [-0.2, 0) is 17.6 Å². The van der Waals surface area contributed by atoms with Crippen LogP contribution in [0.15, 0.2) is 84.7 Å². The van der Waals surface area contributed by atoms with E-state index in [0.717, 1.165) is 70.2 Å². The van der Waals surface area contributed by atoms with Crippen molar-refractivity contribution in [3.63, 3.8) is 0 Å². The van der Waals surface area contributed by atoms with Crippen LogP contribution in [0.1, 0.15) is 66.9 Å². The first-order valence-electron chi connectivity index (χ1n) is 14.6. The zero-order valence-electron chi connectivity index (χ0n) is 23.6. The molecule has 0 spiro atoms. The number of ether oxygens (including phenoxy) is 1. The number of amides is 1. The second kappa shape index (κ2) is 14.5. The Bertz CT molecular complexity index is 1240. The summed E-state index contributed by atoms with van der Waals surface area (Å²) >= 11 is 0. The highest BCUT2D eigenvalue weighted by molar-refractivity contribution is 5.88. The van der Waals surface area contributed by atoms with Gasteiger partial charge >= 0.3 is 5.97 Å². The van der Waals surface area contributed by atoms with Gasteiger partial charge in [-0.1, -0.05) is 50.3 Å². The second-order valence-corrected chi connectivity index (χ2v) is 10.9. The van der Waals surface area contributed by atoms with Gasteiger partial charge in [0, 0.05) is 30.4 Å². The summed E-state index contributed by atoms with van der Waals surface area (Å²) in [5, 5.41) is 12.3. The number of hydrogen-bond donors (Lipinski definition) is 2. The number of aryl methyl sites for hydroxylation is 1. The molecule has 1 saturated heterocycles. The van der Waals surface area contributed by atoms with Gasteiger partial charge in [-0.15, -0.1) is 0 Å². The van der Waals surface area contributed by atoms with Gasteiger partial charge in [0.1, 0.15) is 5.75 Å². The molecule has 1 fully saturated rings. The Balaban J connectivity index is 1.32. The molecule has 0 bridgehead atoms. The molecule has 6 heteroatoms. The first-order valence-corrected chi connectivity index (χ1v) is 14.6. The normalized spacial score (nSPS) is 18.1. The van der Waals surface area contributed by atoms with E-state index in [4.69, 9.17) is 4.74 Å². The van der Waals surface area contributed by atoms with Crippen molar-refractivity contribution in [3.8, 4) is 5.75 Å². The number of aromatic carboxylic acids is 1. The number of hydrogen-bond acceptors (Lipinski definition) is 4. The molecule has 0 aromatic heterocycles. The van der Waals surface area contributed by atoms with Crippen LogP contribution in [0.5, 0.6) is 5.75 Å². The summed E-state index contributed by atoms with van der Waals surface area (Å²) < 4.78 is 5.94. The molecular weight excluding hydrogens is 500 g/mol. The maximum atomic E-state index is 13.1. The van der Waals surface area contributed by atoms with Gasteiger partial charge in [-0.25, -0.2) is 4.79 Å². The standard InChI is InChI=1S/C34H42N2O4/c1-3-5-12-31(36-20-18-25(19-21-36)24-40-32-13-8-11-29(23-32)34(38)39)17-16-30(4-2)35-33(37)28-15-14-26-9-6-7-10-27(26)22-28/h4,6-11,13,16-17,23,25,28H,2-3,5,12,14-15,18-22,24H2,1H3,(H,35,37)(H,38,39). The van der Waals surface area contributed by atoms with Gasteiger partial charge in [0.05, 0.1) is 12.2 Å². The van der Waals surface area contributed by atoms with Crippen molar-refractivity contribution < 1.29 is 19.4 Å². The Labute approximate surface area is 238 Å². The molecule has 1 unspecified atom stereocenters. The van der Waals surface area contributed by atoms with Crippen LogP contribution in [0, 0.1) is 11.8 Å². The average Bonchev–Trinajstić information content (AvgIpc) is 2.99. The number of allylic oxidation sites excluding steroid dienone is 4. The number of carboxylic acids is 1. The summed E-state index contributed by atoms with van der Waals surface area (Å²) in [6.07, 6.45) is 13.7. The van der Waals surface area contributed by atoms with Crippen LogP contribution in [0.2, 0.25) is 0 Å². The molecule has 1 amide bonds. The van der Waals surface area contributed by atoms with E-state index in [1.165, 1.54) is 16.8 Å². The predicted octanol–water partition coefficient (Wildman–Crippen LogP) is 6.54. The van der Waals surface area contributed by atoms with Gasteiger partial charge in [0.25, 0.3) is 0 Å². The highest BCUT2D eigenvalue weighted by Gasteiger charge is 2.25. The molecule has 2 aliphatic rings. The molecule has 2 N–H and O–H groups in total. The number of nitrogens with zero attached hydrogens (tertiary/aromatic N) is 1. The fourth-order valence-electron chi connectivity index (χ4n) is 5.54. The maximum absolute atomic E-state index is 13.1. The van der Waals surface area contributed by atoms with Gasteiger partial charge in [-0.3, -0.25) is 4.79 Å². The quantitative estimate of drug-likeness (QED) is 0.298. The van der Waals surface area contributed by atoms with Gasteiger partial charge in [-0.05, 0) is 98.4 Å². The monoisotopic (exact) mass is 542 g/mol. The largest absolute Gasteiger partial charge is 0.493 e. The van der Waals surface area contributed by atoms with E-state index in [1.807, 2.05) is 18.2 Å². The lowest BCUT2D eigenvalue weighted by Gasteiger charge is -2.35. The molecular formula is C34H42N2O4. The fourth-order valence-corrected chi connectivity index (χ4v) is 5.54. The van der Waals surface area contributed by atoms with Crippen molar-refractivity contribution in [1.82, 2.24) is 10.2 Å². The minimum atomic E-state index is -0.946. The van der Waals surface area contributed by atoms with E-state index >= 15 is 0 Å².